The van der Waals surface area contributed by atoms with Crippen molar-refractivity contribution in [3.8, 4) is 0 Å². The molecule has 0 radical (unpaired) electrons. The van der Waals surface area contributed by atoms with Crippen LogP contribution in [-0.4, -0.2) is 17.5 Å². The Morgan fingerprint density at radius 2 is 2.05 bits per heavy atom. The van der Waals surface area contributed by atoms with Gasteiger partial charge in [-0.1, -0.05) is 49.7 Å². The summed E-state index contributed by atoms with van der Waals surface area (Å²) in [6.07, 6.45) is 1.94. The van der Waals surface area contributed by atoms with E-state index in [0.29, 0.717) is 6.04 Å². The van der Waals surface area contributed by atoms with Gasteiger partial charge in [0.05, 0.1) is 4.92 Å². The number of non-ortho nitro benzene ring substituents is 1. The van der Waals surface area contributed by atoms with Crippen LogP contribution in [0.5, 0.6) is 0 Å². The minimum Gasteiger partial charge on any atom is -0.313 e. The third-order valence-corrected chi connectivity index (χ3v) is 4.10. The minimum atomic E-state index is -0.370. The van der Waals surface area contributed by atoms with Crippen LogP contribution in [0.15, 0.2) is 22.7 Å². The van der Waals surface area contributed by atoms with Crippen LogP contribution in [0, 0.1) is 15.5 Å². The van der Waals surface area contributed by atoms with Gasteiger partial charge in [-0.3, -0.25) is 10.1 Å². The van der Waals surface area contributed by atoms with E-state index < -0.39 is 0 Å². The second kappa shape index (κ2) is 7.18. The molecule has 0 amide bonds. The summed E-state index contributed by atoms with van der Waals surface area (Å²) in [5.41, 5.74) is 1.35. The fraction of sp³-hybridized carbons (Fsp3) is 0.600. The molecule has 0 aliphatic rings. The zero-order valence-electron chi connectivity index (χ0n) is 12.6. The highest BCUT2D eigenvalue weighted by Crippen LogP contribution is 2.28. The molecule has 0 aliphatic heterocycles. The number of nitrogens with one attached hydrogen (secondary N) is 1. The highest BCUT2D eigenvalue weighted by atomic mass is 79.9. The van der Waals surface area contributed by atoms with Gasteiger partial charge < -0.3 is 5.32 Å². The lowest BCUT2D eigenvalue weighted by atomic mass is 9.83. The average molecular weight is 343 g/mol. The molecule has 0 aliphatic carbocycles. The van der Waals surface area contributed by atoms with E-state index in [1.54, 1.807) is 12.1 Å². The summed E-state index contributed by atoms with van der Waals surface area (Å²) < 4.78 is 0.805. The highest BCUT2D eigenvalue weighted by molar-refractivity contribution is 9.10. The Balaban J connectivity index is 2.91. The first-order valence-corrected chi connectivity index (χ1v) is 7.71. The molecular weight excluding hydrogens is 320 g/mol. The summed E-state index contributed by atoms with van der Waals surface area (Å²) in [6, 6.07) is 5.32. The number of nitro groups is 1. The molecule has 4 nitrogen and oxygen atoms in total. The fourth-order valence-corrected chi connectivity index (χ4v) is 2.57. The molecule has 0 saturated carbocycles. The minimum absolute atomic E-state index is 0.120. The predicted molar refractivity (Wildman–Crippen MR) is 86.0 cm³/mol. The number of benzene rings is 1. The molecule has 0 bridgehead atoms. The third kappa shape index (κ3) is 4.87. The lowest BCUT2D eigenvalue weighted by Crippen LogP contribution is -2.42. The van der Waals surface area contributed by atoms with Crippen molar-refractivity contribution in [1.29, 1.82) is 0 Å². The maximum Gasteiger partial charge on any atom is 0.270 e. The van der Waals surface area contributed by atoms with Gasteiger partial charge in [0.25, 0.3) is 5.69 Å². The van der Waals surface area contributed by atoms with E-state index >= 15 is 0 Å². The van der Waals surface area contributed by atoms with Gasteiger partial charge in [-0.2, -0.15) is 0 Å². The molecule has 0 spiro atoms. The first-order valence-electron chi connectivity index (χ1n) is 6.92. The Hall–Kier alpha value is -0.940. The van der Waals surface area contributed by atoms with Crippen molar-refractivity contribution in [2.24, 2.45) is 5.41 Å². The molecule has 0 aromatic heterocycles. The summed E-state index contributed by atoms with van der Waals surface area (Å²) in [6.45, 7) is 9.75. The lowest BCUT2D eigenvalue weighted by molar-refractivity contribution is -0.384. The molecule has 1 rings (SSSR count). The molecule has 1 N–H and O–H groups in total. The van der Waals surface area contributed by atoms with E-state index in [9.17, 15) is 10.1 Å². The first-order chi connectivity index (χ1) is 9.25. The Morgan fingerprint density at radius 3 is 2.50 bits per heavy atom. The molecule has 0 saturated heterocycles. The van der Waals surface area contributed by atoms with E-state index in [2.05, 4.69) is 48.9 Å². The quantitative estimate of drug-likeness (QED) is 0.618. The summed E-state index contributed by atoms with van der Waals surface area (Å²) in [7, 11) is 0. The van der Waals surface area contributed by atoms with Gasteiger partial charge in [-0.05, 0) is 30.4 Å². The molecule has 1 aromatic rings. The molecule has 112 valence electrons. The molecule has 5 heteroatoms. The number of hydrogen-bond donors (Lipinski definition) is 1. The van der Waals surface area contributed by atoms with Crippen molar-refractivity contribution in [1.82, 2.24) is 5.32 Å². The Kier molecular flexibility index (Phi) is 6.14. The van der Waals surface area contributed by atoms with E-state index in [-0.39, 0.29) is 16.0 Å². The number of hydrogen-bond acceptors (Lipinski definition) is 3. The van der Waals surface area contributed by atoms with Crippen LogP contribution < -0.4 is 5.32 Å². The maximum absolute atomic E-state index is 10.8. The zero-order chi connectivity index (χ0) is 15.3. The summed E-state index contributed by atoms with van der Waals surface area (Å²) in [5.74, 6) is 0. The number of nitro benzene ring substituents is 1. The molecule has 1 unspecified atom stereocenters. The van der Waals surface area contributed by atoms with E-state index in [1.165, 1.54) is 0 Å². The van der Waals surface area contributed by atoms with Crippen LogP contribution in [0.4, 0.5) is 5.69 Å². The Morgan fingerprint density at radius 1 is 1.40 bits per heavy atom. The molecule has 20 heavy (non-hydrogen) atoms. The van der Waals surface area contributed by atoms with E-state index in [4.69, 9.17) is 0 Å². The average Bonchev–Trinajstić information content (AvgIpc) is 2.34. The largest absolute Gasteiger partial charge is 0.313 e. The number of halogens is 1. The molecule has 0 heterocycles. The number of rotatable bonds is 6. The number of nitrogens with zero attached hydrogens (tertiary/aromatic N) is 1. The topological polar surface area (TPSA) is 55.2 Å². The van der Waals surface area contributed by atoms with Gasteiger partial charge >= 0.3 is 0 Å². The fourth-order valence-electron chi connectivity index (χ4n) is 2.04. The predicted octanol–water partition coefficient (Wildman–Crippen LogP) is 4.31. The standard InChI is InChI=1S/C15H23BrN2O2/c1-5-8-17-14(15(2,3)4)9-11-6-7-12(18(19)20)10-13(11)16/h6-7,10,14,17H,5,8-9H2,1-4H3. The normalized spacial score (nSPS) is 13.2. The summed E-state index contributed by atoms with van der Waals surface area (Å²) >= 11 is 3.45. The van der Waals surface area contributed by atoms with Crippen LogP contribution >= 0.6 is 15.9 Å². The lowest BCUT2D eigenvalue weighted by Gasteiger charge is -2.32. The van der Waals surface area contributed by atoms with Gasteiger partial charge in [-0.15, -0.1) is 0 Å². The van der Waals surface area contributed by atoms with Gasteiger partial charge in [0, 0.05) is 22.6 Å². The van der Waals surface area contributed by atoms with Gasteiger partial charge in [0.2, 0.25) is 0 Å². The van der Waals surface area contributed by atoms with Gasteiger partial charge in [0.1, 0.15) is 0 Å². The van der Waals surface area contributed by atoms with Crippen LogP contribution in [0.1, 0.15) is 39.7 Å². The summed E-state index contributed by atoms with van der Waals surface area (Å²) in [4.78, 5) is 10.4. The van der Waals surface area contributed by atoms with E-state index in [1.807, 2.05) is 6.07 Å². The SMILES string of the molecule is CCCNC(Cc1ccc([N+](=O)[O-])cc1Br)C(C)(C)C. The first kappa shape index (κ1) is 17.1. The van der Waals surface area contributed by atoms with Crippen molar-refractivity contribution in [3.05, 3.63) is 38.3 Å². The highest BCUT2D eigenvalue weighted by Gasteiger charge is 2.25. The second-order valence-electron chi connectivity index (χ2n) is 6.11. The molecular formula is C15H23BrN2O2. The third-order valence-electron chi connectivity index (χ3n) is 3.36. The van der Waals surface area contributed by atoms with Crippen molar-refractivity contribution in [2.45, 2.75) is 46.6 Å². The zero-order valence-corrected chi connectivity index (χ0v) is 14.2. The van der Waals surface area contributed by atoms with Crippen LogP contribution in [0.3, 0.4) is 0 Å². The van der Waals surface area contributed by atoms with Crippen LogP contribution in [0.2, 0.25) is 0 Å². The monoisotopic (exact) mass is 342 g/mol. The smallest absolute Gasteiger partial charge is 0.270 e. The van der Waals surface area contributed by atoms with Gasteiger partial charge in [0.15, 0.2) is 0 Å². The Bertz CT molecular complexity index is 469. The molecule has 1 atom stereocenters. The van der Waals surface area contributed by atoms with Crippen molar-refractivity contribution in [3.63, 3.8) is 0 Å². The second-order valence-corrected chi connectivity index (χ2v) is 6.96. The van der Waals surface area contributed by atoms with Crippen molar-refractivity contribution >= 4 is 21.6 Å². The van der Waals surface area contributed by atoms with Crippen molar-refractivity contribution in [2.75, 3.05) is 6.54 Å². The Labute approximate surface area is 129 Å². The van der Waals surface area contributed by atoms with Gasteiger partial charge in [-0.25, -0.2) is 0 Å². The van der Waals surface area contributed by atoms with Crippen molar-refractivity contribution < 1.29 is 4.92 Å². The summed E-state index contributed by atoms with van der Waals surface area (Å²) in [5, 5.41) is 14.3. The molecule has 1 aromatic carbocycles. The van der Waals surface area contributed by atoms with Crippen LogP contribution in [0.25, 0.3) is 0 Å². The van der Waals surface area contributed by atoms with Crippen LogP contribution in [-0.2, 0) is 6.42 Å². The van der Waals surface area contributed by atoms with E-state index in [0.717, 1.165) is 29.4 Å². The maximum atomic E-state index is 10.8. The molecule has 0 fully saturated rings.